The summed E-state index contributed by atoms with van der Waals surface area (Å²) in [5.74, 6) is 0.795. The van der Waals surface area contributed by atoms with Crippen LogP contribution in [0.4, 0.5) is 0 Å². The lowest BCUT2D eigenvalue weighted by Crippen LogP contribution is -2.43. The zero-order valence-electron chi connectivity index (χ0n) is 15.9. The molecule has 0 heterocycles. The molecule has 146 valence electrons. The average molecular weight is 477 g/mol. The van der Waals surface area contributed by atoms with E-state index in [1.165, 1.54) is 0 Å². The van der Waals surface area contributed by atoms with Gasteiger partial charge in [0.15, 0.2) is 5.96 Å². The van der Waals surface area contributed by atoms with E-state index in [-0.39, 0.29) is 29.7 Å². The minimum atomic E-state index is -3.13. The maximum absolute atomic E-state index is 11.3. The van der Waals surface area contributed by atoms with Gasteiger partial charge in [0.25, 0.3) is 0 Å². The van der Waals surface area contributed by atoms with Gasteiger partial charge in [0.2, 0.25) is 10.0 Å². The van der Waals surface area contributed by atoms with Crippen molar-refractivity contribution in [2.45, 2.75) is 53.1 Å². The monoisotopic (exact) mass is 477 g/mol. The Balaban J connectivity index is 0. The number of hydrogen-bond donors (Lipinski definition) is 3. The molecule has 0 aromatic rings. The SMILES string of the molecule is CCS(=O)(=O)NCCNC(=NC)NCCCN(C(C)C)C(C)C.I. The van der Waals surface area contributed by atoms with E-state index >= 15 is 0 Å². The Morgan fingerprint density at radius 2 is 1.58 bits per heavy atom. The second-order valence-corrected chi connectivity index (χ2v) is 8.10. The largest absolute Gasteiger partial charge is 0.356 e. The van der Waals surface area contributed by atoms with Crippen LogP contribution in [-0.2, 0) is 10.0 Å². The van der Waals surface area contributed by atoms with E-state index < -0.39 is 10.0 Å². The Morgan fingerprint density at radius 1 is 1.04 bits per heavy atom. The lowest BCUT2D eigenvalue weighted by Gasteiger charge is -2.30. The van der Waals surface area contributed by atoms with Gasteiger partial charge in [-0.15, -0.1) is 24.0 Å². The quantitative estimate of drug-likeness (QED) is 0.180. The smallest absolute Gasteiger partial charge is 0.211 e. The molecule has 0 saturated carbocycles. The fourth-order valence-electron chi connectivity index (χ4n) is 2.29. The highest BCUT2D eigenvalue weighted by atomic mass is 127. The first kappa shape index (κ1) is 26.1. The first-order valence-electron chi connectivity index (χ1n) is 8.41. The summed E-state index contributed by atoms with van der Waals surface area (Å²) in [5, 5.41) is 6.35. The number of rotatable bonds is 11. The van der Waals surface area contributed by atoms with Gasteiger partial charge in [0.1, 0.15) is 0 Å². The molecule has 7 nitrogen and oxygen atoms in total. The Bertz CT molecular complexity index is 433. The van der Waals surface area contributed by atoms with Crippen LogP contribution < -0.4 is 15.4 Å². The molecular formula is C15H36IN5O2S. The molecule has 0 rings (SSSR count). The van der Waals surface area contributed by atoms with Crippen LogP contribution in [0.25, 0.3) is 0 Å². The zero-order valence-corrected chi connectivity index (χ0v) is 19.1. The summed E-state index contributed by atoms with van der Waals surface area (Å²) in [6.45, 7) is 13.2. The standard InChI is InChI=1S/C15H35N5O2S.HI/c1-7-23(21,22)19-11-10-18-15(16-6)17-9-8-12-20(13(2)3)14(4)5;/h13-14,19H,7-12H2,1-6H3,(H2,16,17,18);1H. The molecule has 9 heteroatoms. The normalized spacial score (nSPS) is 12.6. The first-order chi connectivity index (χ1) is 10.7. The average Bonchev–Trinajstić information content (AvgIpc) is 2.48. The second-order valence-electron chi connectivity index (χ2n) is 6.00. The van der Waals surface area contributed by atoms with Crippen molar-refractivity contribution in [1.82, 2.24) is 20.3 Å². The molecule has 0 aliphatic carbocycles. The summed E-state index contributed by atoms with van der Waals surface area (Å²) >= 11 is 0. The van der Waals surface area contributed by atoms with Crippen molar-refractivity contribution in [3.05, 3.63) is 0 Å². The minimum absolute atomic E-state index is 0. The molecule has 0 bridgehead atoms. The predicted molar refractivity (Wildman–Crippen MR) is 114 cm³/mol. The van der Waals surface area contributed by atoms with E-state index in [4.69, 9.17) is 0 Å². The molecule has 3 N–H and O–H groups in total. The van der Waals surface area contributed by atoms with Crippen LogP contribution in [0.2, 0.25) is 0 Å². The Morgan fingerprint density at radius 3 is 2.04 bits per heavy atom. The summed E-state index contributed by atoms with van der Waals surface area (Å²) in [7, 11) is -1.42. The fraction of sp³-hybridized carbons (Fsp3) is 0.933. The first-order valence-corrected chi connectivity index (χ1v) is 10.1. The van der Waals surface area contributed by atoms with E-state index in [1.54, 1.807) is 14.0 Å². The van der Waals surface area contributed by atoms with Crippen LogP contribution in [0.3, 0.4) is 0 Å². The molecule has 0 aromatic heterocycles. The molecule has 24 heavy (non-hydrogen) atoms. The lowest BCUT2D eigenvalue weighted by atomic mass is 10.2. The number of halogens is 1. The van der Waals surface area contributed by atoms with Gasteiger partial charge < -0.3 is 10.6 Å². The van der Waals surface area contributed by atoms with Crippen LogP contribution in [0.5, 0.6) is 0 Å². The van der Waals surface area contributed by atoms with Crippen molar-refractivity contribution in [3.8, 4) is 0 Å². The third-order valence-corrected chi connectivity index (χ3v) is 4.96. The molecule has 0 spiro atoms. The van der Waals surface area contributed by atoms with Crippen LogP contribution in [-0.4, -0.2) is 70.3 Å². The van der Waals surface area contributed by atoms with Crippen molar-refractivity contribution in [3.63, 3.8) is 0 Å². The van der Waals surface area contributed by atoms with Gasteiger partial charge >= 0.3 is 0 Å². The number of nitrogens with zero attached hydrogens (tertiary/aromatic N) is 2. The third kappa shape index (κ3) is 12.3. The Hall–Kier alpha value is -0.130. The van der Waals surface area contributed by atoms with Crippen molar-refractivity contribution >= 4 is 40.0 Å². The number of nitrogens with one attached hydrogen (secondary N) is 3. The van der Waals surface area contributed by atoms with Crippen molar-refractivity contribution in [2.75, 3.05) is 39.0 Å². The van der Waals surface area contributed by atoms with E-state index in [9.17, 15) is 8.42 Å². The van der Waals surface area contributed by atoms with Crippen LogP contribution >= 0.6 is 24.0 Å². The predicted octanol–water partition coefficient (Wildman–Crippen LogP) is 1.22. The van der Waals surface area contributed by atoms with Gasteiger partial charge in [-0.1, -0.05) is 0 Å². The number of sulfonamides is 1. The van der Waals surface area contributed by atoms with Crippen molar-refractivity contribution in [1.29, 1.82) is 0 Å². The van der Waals surface area contributed by atoms with Crippen LogP contribution in [0, 0.1) is 0 Å². The number of guanidine groups is 1. The molecule has 0 aliphatic heterocycles. The molecule has 0 atom stereocenters. The van der Waals surface area contributed by atoms with Crippen molar-refractivity contribution < 1.29 is 8.42 Å². The van der Waals surface area contributed by atoms with Gasteiger partial charge in [-0.25, -0.2) is 13.1 Å². The molecule has 0 radical (unpaired) electrons. The summed E-state index contributed by atoms with van der Waals surface area (Å²) < 4.78 is 25.1. The molecular weight excluding hydrogens is 441 g/mol. The van der Waals surface area contributed by atoms with Gasteiger partial charge in [-0.05, 0) is 41.0 Å². The van der Waals surface area contributed by atoms with Crippen LogP contribution in [0.1, 0.15) is 41.0 Å². The maximum atomic E-state index is 11.3. The third-order valence-electron chi connectivity index (χ3n) is 3.56. The molecule has 0 amide bonds. The Labute approximate surface area is 165 Å². The number of aliphatic imine (C=N–C) groups is 1. The highest BCUT2D eigenvalue weighted by molar-refractivity contribution is 14.0. The van der Waals surface area contributed by atoms with E-state index in [0.29, 0.717) is 31.1 Å². The van der Waals surface area contributed by atoms with E-state index in [1.807, 2.05) is 0 Å². The van der Waals surface area contributed by atoms with Gasteiger partial charge in [0.05, 0.1) is 5.75 Å². The van der Waals surface area contributed by atoms with E-state index in [0.717, 1.165) is 19.5 Å². The molecule has 0 fully saturated rings. The van der Waals surface area contributed by atoms with Gasteiger partial charge in [-0.3, -0.25) is 9.89 Å². The minimum Gasteiger partial charge on any atom is -0.356 e. The molecule has 0 saturated heterocycles. The summed E-state index contributed by atoms with van der Waals surface area (Å²) in [6, 6.07) is 1.08. The summed E-state index contributed by atoms with van der Waals surface area (Å²) in [5.41, 5.74) is 0. The molecule has 0 unspecified atom stereocenters. The van der Waals surface area contributed by atoms with Gasteiger partial charge in [-0.2, -0.15) is 0 Å². The zero-order chi connectivity index (χ0) is 17.9. The van der Waals surface area contributed by atoms with E-state index in [2.05, 4.69) is 52.9 Å². The topological polar surface area (TPSA) is 85.8 Å². The summed E-state index contributed by atoms with van der Waals surface area (Å²) in [4.78, 5) is 6.59. The second kappa shape index (κ2) is 14.1. The Kier molecular flexibility index (Phi) is 15.3. The van der Waals surface area contributed by atoms with Crippen molar-refractivity contribution in [2.24, 2.45) is 4.99 Å². The highest BCUT2D eigenvalue weighted by Gasteiger charge is 2.12. The maximum Gasteiger partial charge on any atom is 0.211 e. The molecule has 0 aromatic carbocycles. The molecule has 0 aliphatic rings. The fourth-order valence-corrected chi connectivity index (χ4v) is 2.91. The summed E-state index contributed by atoms with van der Waals surface area (Å²) in [6.07, 6.45) is 1.03. The number of hydrogen-bond acceptors (Lipinski definition) is 4. The highest BCUT2D eigenvalue weighted by Crippen LogP contribution is 2.05. The van der Waals surface area contributed by atoms with Gasteiger partial charge in [0, 0.05) is 45.3 Å². The van der Waals surface area contributed by atoms with Crippen LogP contribution in [0.15, 0.2) is 4.99 Å². The lowest BCUT2D eigenvalue weighted by molar-refractivity contribution is 0.173.